The van der Waals surface area contributed by atoms with Crippen molar-refractivity contribution in [2.45, 2.75) is 93.9 Å². The molecular weight excluding hydrogens is 413 g/mol. The van der Waals surface area contributed by atoms with Crippen molar-refractivity contribution < 1.29 is 23.8 Å². The summed E-state index contributed by atoms with van der Waals surface area (Å²) < 4.78 is 22.6. The number of hydrogen-bond acceptors (Lipinski definition) is 6. The van der Waals surface area contributed by atoms with Crippen molar-refractivity contribution in [2.24, 2.45) is 23.5 Å². The highest BCUT2D eigenvalue weighted by molar-refractivity contribution is 6.18. The smallest absolute Gasteiger partial charge is 0.340 e. The van der Waals surface area contributed by atoms with Crippen LogP contribution in [0.1, 0.15) is 51.4 Å². The van der Waals surface area contributed by atoms with E-state index < -0.39 is 36.0 Å². The number of morpholine rings is 1. The Kier molecular flexibility index (Phi) is 5.11. The molecule has 9 unspecified atom stereocenters. The summed E-state index contributed by atoms with van der Waals surface area (Å²) >= 11 is 0. The van der Waals surface area contributed by atoms with E-state index in [4.69, 9.17) is 10.5 Å². The first-order valence-electron chi connectivity index (χ1n) is 12.5. The largest absolute Gasteiger partial charge is 0.478 e. The molecule has 0 aromatic rings. The first-order chi connectivity index (χ1) is 15.4. The third-order valence-corrected chi connectivity index (χ3v) is 9.37. The molecule has 3 heterocycles. The third-order valence-electron chi connectivity index (χ3n) is 9.37. The van der Waals surface area contributed by atoms with E-state index >= 15 is 4.39 Å². The fraction of sp³-hybridized carbons (Fsp3) is 0.833. The van der Waals surface area contributed by atoms with Gasteiger partial charge in [-0.1, -0.05) is 19.3 Å². The van der Waals surface area contributed by atoms with Crippen molar-refractivity contribution in [3.8, 4) is 0 Å². The second kappa shape index (κ2) is 7.77. The third kappa shape index (κ3) is 3.09. The summed E-state index contributed by atoms with van der Waals surface area (Å²) in [5, 5.41) is 9.74. The van der Waals surface area contributed by atoms with Crippen LogP contribution in [0.15, 0.2) is 11.8 Å². The molecule has 5 fully saturated rings. The minimum atomic E-state index is -1.23. The van der Waals surface area contributed by atoms with E-state index in [1.807, 2.05) is 0 Å². The number of nitrogens with two attached hydrogens (primary N) is 1. The molecule has 0 aromatic carbocycles. The van der Waals surface area contributed by atoms with Gasteiger partial charge in [0.25, 0.3) is 0 Å². The number of halogens is 1. The van der Waals surface area contributed by atoms with Gasteiger partial charge in [-0.25, -0.2) is 9.18 Å². The number of carbonyl (C=O) groups excluding carboxylic acids is 1. The van der Waals surface area contributed by atoms with Crippen LogP contribution in [-0.2, 0) is 14.3 Å². The Hall–Kier alpha value is -1.51. The Morgan fingerprint density at radius 2 is 1.94 bits per heavy atom. The predicted molar refractivity (Wildman–Crippen MR) is 114 cm³/mol. The Morgan fingerprint density at radius 3 is 2.69 bits per heavy atom. The maximum Gasteiger partial charge on any atom is 0.340 e. The number of alkyl halides is 1. The highest BCUT2D eigenvalue weighted by atomic mass is 19.1. The van der Waals surface area contributed by atoms with Gasteiger partial charge in [0.1, 0.15) is 11.7 Å². The van der Waals surface area contributed by atoms with Crippen LogP contribution in [0.3, 0.4) is 0 Å². The van der Waals surface area contributed by atoms with Crippen LogP contribution >= 0.6 is 0 Å². The number of Topliss-reactive ketones (excluding diaryl/α,β-unsaturated/α-hetero) is 1. The summed E-state index contributed by atoms with van der Waals surface area (Å²) in [5.74, 6) is -1.24. The fourth-order valence-electron chi connectivity index (χ4n) is 8.01. The van der Waals surface area contributed by atoms with Gasteiger partial charge in [0.2, 0.25) is 0 Å². The molecule has 3 aliphatic heterocycles. The summed E-state index contributed by atoms with van der Waals surface area (Å²) in [7, 11) is 0. The normalized spacial score (nSPS) is 48.5. The topological polar surface area (TPSA) is 96.1 Å². The first-order valence-corrected chi connectivity index (χ1v) is 12.5. The lowest BCUT2D eigenvalue weighted by atomic mass is 9.64. The minimum Gasteiger partial charge on any atom is -0.478 e. The Morgan fingerprint density at radius 1 is 1.12 bits per heavy atom. The lowest BCUT2D eigenvalue weighted by molar-refractivity contribution is -0.231. The van der Waals surface area contributed by atoms with Crippen molar-refractivity contribution in [1.29, 1.82) is 0 Å². The Balaban J connectivity index is 1.42. The van der Waals surface area contributed by atoms with Crippen LogP contribution in [0.25, 0.3) is 0 Å². The quantitative estimate of drug-likeness (QED) is 0.622. The molecule has 0 amide bonds. The zero-order chi connectivity index (χ0) is 22.1. The van der Waals surface area contributed by atoms with Gasteiger partial charge in [0.15, 0.2) is 5.78 Å². The molecule has 176 valence electrons. The summed E-state index contributed by atoms with van der Waals surface area (Å²) in [5.41, 5.74) is 5.97. The van der Waals surface area contributed by atoms with Crippen LogP contribution < -0.4 is 5.73 Å². The minimum absolute atomic E-state index is 0.0282. The molecule has 3 saturated carbocycles. The molecule has 0 aromatic heterocycles. The van der Waals surface area contributed by atoms with E-state index in [0.717, 1.165) is 32.2 Å². The van der Waals surface area contributed by atoms with Gasteiger partial charge in [-0.15, -0.1) is 0 Å². The second-order valence-electron chi connectivity index (χ2n) is 11.0. The van der Waals surface area contributed by atoms with Gasteiger partial charge in [-0.05, 0) is 43.9 Å². The van der Waals surface area contributed by atoms with Gasteiger partial charge >= 0.3 is 5.97 Å². The van der Waals surface area contributed by atoms with Crippen LogP contribution in [0.4, 0.5) is 4.39 Å². The summed E-state index contributed by atoms with van der Waals surface area (Å²) in [4.78, 5) is 29.3. The van der Waals surface area contributed by atoms with E-state index in [9.17, 15) is 14.7 Å². The molecule has 6 aliphatic rings. The van der Waals surface area contributed by atoms with E-state index in [-0.39, 0.29) is 36.2 Å². The molecule has 32 heavy (non-hydrogen) atoms. The van der Waals surface area contributed by atoms with Crippen LogP contribution in [0, 0.1) is 17.8 Å². The van der Waals surface area contributed by atoms with Gasteiger partial charge in [0.05, 0.1) is 30.3 Å². The van der Waals surface area contributed by atoms with E-state index in [0.29, 0.717) is 18.4 Å². The molecule has 0 bridgehead atoms. The van der Waals surface area contributed by atoms with E-state index in [1.54, 1.807) is 6.20 Å². The highest BCUT2D eigenvalue weighted by Gasteiger charge is 2.61. The van der Waals surface area contributed by atoms with Gasteiger partial charge in [-0.2, -0.15) is 0 Å². The lowest BCUT2D eigenvalue weighted by Crippen LogP contribution is -2.74. The molecule has 0 radical (unpaired) electrons. The molecule has 3 aliphatic carbocycles. The number of carbonyl (C=O) groups is 2. The number of carboxylic acids is 1. The SMILES string of the molecule is N[C@@H]1CCN(C2C(F)CC3C(=O)C(C(=O)O)=CN4C5CCC6CCCCC6C5OC2C34)C1. The first kappa shape index (κ1) is 21.1. The monoisotopic (exact) mass is 447 g/mol. The zero-order valence-electron chi connectivity index (χ0n) is 18.4. The lowest BCUT2D eigenvalue weighted by Gasteiger charge is -2.62. The summed E-state index contributed by atoms with van der Waals surface area (Å²) in [6.07, 6.45) is 7.64. The Labute approximate surface area is 188 Å². The number of nitrogens with zero attached hydrogens (tertiary/aromatic N) is 2. The van der Waals surface area contributed by atoms with Crippen molar-refractivity contribution in [3.05, 3.63) is 11.8 Å². The van der Waals surface area contributed by atoms with Crippen molar-refractivity contribution in [2.75, 3.05) is 13.1 Å². The molecule has 6 rings (SSSR count). The van der Waals surface area contributed by atoms with Gasteiger partial charge < -0.3 is 20.5 Å². The van der Waals surface area contributed by atoms with Gasteiger partial charge in [-0.3, -0.25) is 9.69 Å². The average Bonchev–Trinajstić information content (AvgIpc) is 3.20. The average molecular weight is 448 g/mol. The maximum atomic E-state index is 15.7. The number of hydrogen-bond donors (Lipinski definition) is 2. The van der Waals surface area contributed by atoms with Crippen molar-refractivity contribution >= 4 is 11.8 Å². The standard InChI is InChI=1S/C24H34FN3O4/c25-17-9-15-19-23(20(17)27-8-7-13(26)10-27)32-22-14-4-2-1-3-12(14)5-6-18(22)28(19)11-16(21(15)29)24(30)31/h11-15,17-20,22-23H,1-10,26H2,(H,30,31)/t12?,13-,14?,15?,17?,18?,19?,20?,22?,23?/m1/s1. The summed E-state index contributed by atoms with van der Waals surface area (Å²) in [6.45, 7) is 1.39. The highest BCUT2D eigenvalue weighted by Crippen LogP contribution is 2.51. The molecule has 3 N–H and O–H groups in total. The van der Waals surface area contributed by atoms with Crippen LogP contribution in [0.2, 0.25) is 0 Å². The van der Waals surface area contributed by atoms with E-state index in [1.165, 1.54) is 19.3 Å². The van der Waals surface area contributed by atoms with Crippen LogP contribution in [-0.4, -0.2) is 82.3 Å². The molecule has 2 saturated heterocycles. The predicted octanol–water partition coefficient (Wildman–Crippen LogP) is 1.70. The second-order valence-corrected chi connectivity index (χ2v) is 11.0. The number of aliphatic carboxylic acids is 1. The molecule has 7 nitrogen and oxygen atoms in total. The molecule has 0 spiro atoms. The maximum absolute atomic E-state index is 15.7. The van der Waals surface area contributed by atoms with Gasteiger partial charge in [0, 0.05) is 31.2 Å². The number of likely N-dealkylation sites (tertiary alicyclic amines) is 1. The number of ether oxygens (including phenoxy) is 1. The fourth-order valence-corrected chi connectivity index (χ4v) is 8.01. The number of rotatable bonds is 2. The summed E-state index contributed by atoms with van der Waals surface area (Å²) in [6, 6.07) is -0.611. The molecule has 8 heteroatoms. The van der Waals surface area contributed by atoms with Crippen molar-refractivity contribution in [1.82, 2.24) is 9.80 Å². The zero-order valence-corrected chi connectivity index (χ0v) is 18.4. The molecular formula is C24H34FN3O4. The number of fused-ring (bicyclic) bond motifs is 4. The Bertz CT molecular complexity index is 836. The number of carboxylic acid groups (broad SMARTS) is 1. The van der Waals surface area contributed by atoms with Crippen molar-refractivity contribution in [3.63, 3.8) is 0 Å². The molecule has 10 atom stereocenters. The number of ketones is 1. The van der Waals surface area contributed by atoms with E-state index in [2.05, 4.69) is 9.80 Å². The van der Waals surface area contributed by atoms with Crippen LogP contribution in [0.5, 0.6) is 0 Å².